The Morgan fingerprint density at radius 1 is 0.846 bits per heavy atom. The maximum absolute atomic E-state index is 13.9. The highest BCUT2D eigenvalue weighted by molar-refractivity contribution is 5.99. The Morgan fingerprint density at radius 2 is 1.49 bits per heavy atom. The lowest BCUT2D eigenvalue weighted by Crippen LogP contribution is -2.38. The van der Waals surface area contributed by atoms with Gasteiger partial charge in [-0.25, -0.2) is 9.18 Å². The second-order valence-corrected chi connectivity index (χ2v) is 9.99. The van der Waals surface area contributed by atoms with Crippen molar-refractivity contribution >= 4 is 17.6 Å². The summed E-state index contributed by atoms with van der Waals surface area (Å²) in [7, 11) is 0. The van der Waals surface area contributed by atoms with Crippen LogP contribution in [-0.4, -0.2) is 23.1 Å². The molecule has 1 aliphatic rings. The molecule has 1 fully saturated rings. The first-order valence-electron chi connectivity index (χ1n) is 13.1. The van der Waals surface area contributed by atoms with Gasteiger partial charge in [0.2, 0.25) is 5.91 Å². The van der Waals surface area contributed by atoms with Gasteiger partial charge in [0.15, 0.2) is 6.10 Å². The SMILES string of the molecule is O=C(O)C(Cc1ccccc1)Oc1ccc(-c2ccc(NC(=O)C3(c4cccc(F)c4)CCCC3)cc2)cc1. The van der Waals surface area contributed by atoms with Gasteiger partial charge in [-0.05, 0) is 71.5 Å². The van der Waals surface area contributed by atoms with Crippen molar-refractivity contribution in [2.45, 2.75) is 43.6 Å². The van der Waals surface area contributed by atoms with Crippen LogP contribution in [0.1, 0.15) is 36.8 Å². The molecule has 1 atom stereocenters. The number of halogens is 1. The molecule has 198 valence electrons. The highest BCUT2D eigenvalue weighted by Gasteiger charge is 2.42. The van der Waals surface area contributed by atoms with Crippen molar-refractivity contribution in [3.8, 4) is 16.9 Å². The van der Waals surface area contributed by atoms with E-state index in [9.17, 15) is 19.1 Å². The van der Waals surface area contributed by atoms with Gasteiger partial charge in [-0.1, -0.05) is 79.6 Å². The molecule has 0 heterocycles. The maximum Gasteiger partial charge on any atom is 0.345 e. The number of hydrogen-bond acceptors (Lipinski definition) is 3. The van der Waals surface area contributed by atoms with Crippen LogP contribution in [0.15, 0.2) is 103 Å². The number of carboxylic acids is 1. The van der Waals surface area contributed by atoms with E-state index in [0.717, 1.165) is 35.1 Å². The minimum atomic E-state index is -1.02. The van der Waals surface area contributed by atoms with Crippen LogP contribution in [0, 0.1) is 5.82 Å². The van der Waals surface area contributed by atoms with Crippen molar-refractivity contribution in [1.29, 1.82) is 0 Å². The van der Waals surface area contributed by atoms with E-state index in [1.165, 1.54) is 12.1 Å². The fourth-order valence-electron chi connectivity index (χ4n) is 5.31. The van der Waals surface area contributed by atoms with Crippen LogP contribution < -0.4 is 10.1 Å². The molecule has 1 saturated carbocycles. The van der Waals surface area contributed by atoms with E-state index in [1.54, 1.807) is 18.2 Å². The van der Waals surface area contributed by atoms with Crippen molar-refractivity contribution in [3.63, 3.8) is 0 Å². The molecular weight excluding hydrogens is 493 g/mol. The number of nitrogens with one attached hydrogen (secondary N) is 1. The second-order valence-electron chi connectivity index (χ2n) is 9.99. The van der Waals surface area contributed by atoms with Crippen LogP contribution in [0.5, 0.6) is 5.75 Å². The second kappa shape index (κ2) is 11.5. The lowest BCUT2D eigenvalue weighted by Gasteiger charge is -2.28. The van der Waals surface area contributed by atoms with Gasteiger partial charge in [-0.15, -0.1) is 0 Å². The standard InChI is InChI=1S/C33H30FNO4/c34-27-10-6-9-26(22-27)33(19-4-5-20-33)32(38)35-28-15-11-24(12-16-28)25-13-17-29(18-14-25)39-30(31(36)37)21-23-7-2-1-3-8-23/h1-3,6-18,22,30H,4-5,19-21H2,(H,35,38)(H,36,37). The van der Waals surface area contributed by atoms with Crippen LogP contribution in [0.3, 0.4) is 0 Å². The summed E-state index contributed by atoms with van der Waals surface area (Å²) >= 11 is 0. The van der Waals surface area contributed by atoms with Gasteiger partial charge in [0, 0.05) is 12.1 Å². The van der Waals surface area contributed by atoms with E-state index < -0.39 is 17.5 Å². The fraction of sp³-hybridized carbons (Fsp3) is 0.212. The van der Waals surface area contributed by atoms with Crippen molar-refractivity contribution in [3.05, 3.63) is 120 Å². The first-order chi connectivity index (χ1) is 18.9. The molecule has 39 heavy (non-hydrogen) atoms. The first-order valence-corrected chi connectivity index (χ1v) is 13.1. The van der Waals surface area contributed by atoms with E-state index in [0.29, 0.717) is 24.3 Å². The molecule has 0 aromatic heterocycles. The lowest BCUT2D eigenvalue weighted by atomic mass is 9.78. The third-order valence-corrected chi connectivity index (χ3v) is 7.42. The number of aliphatic carboxylic acids is 1. The predicted octanol–water partition coefficient (Wildman–Crippen LogP) is 7.02. The van der Waals surface area contributed by atoms with Gasteiger partial charge in [-0.3, -0.25) is 4.79 Å². The fourth-order valence-corrected chi connectivity index (χ4v) is 5.31. The summed E-state index contributed by atoms with van der Waals surface area (Å²) < 4.78 is 19.7. The molecule has 4 aromatic carbocycles. The van der Waals surface area contributed by atoms with Crippen LogP contribution in [0.25, 0.3) is 11.1 Å². The van der Waals surface area contributed by atoms with E-state index in [2.05, 4.69) is 5.32 Å². The summed E-state index contributed by atoms with van der Waals surface area (Å²) in [5.41, 5.74) is 3.46. The van der Waals surface area contributed by atoms with Crippen LogP contribution >= 0.6 is 0 Å². The number of benzene rings is 4. The summed E-state index contributed by atoms with van der Waals surface area (Å²) in [6, 6.07) is 30.6. The van der Waals surface area contributed by atoms with E-state index in [-0.39, 0.29) is 18.1 Å². The zero-order valence-electron chi connectivity index (χ0n) is 21.5. The zero-order chi connectivity index (χ0) is 27.2. The van der Waals surface area contributed by atoms with Crippen molar-refractivity contribution in [1.82, 2.24) is 0 Å². The predicted molar refractivity (Wildman–Crippen MR) is 149 cm³/mol. The minimum Gasteiger partial charge on any atom is -0.478 e. The number of anilines is 1. The molecule has 0 radical (unpaired) electrons. The van der Waals surface area contributed by atoms with Gasteiger partial charge < -0.3 is 15.2 Å². The highest BCUT2D eigenvalue weighted by atomic mass is 19.1. The molecule has 1 unspecified atom stereocenters. The first kappa shape index (κ1) is 26.2. The van der Waals surface area contributed by atoms with Gasteiger partial charge in [-0.2, -0.15) is 0 Å². The molecule has 1 amide bonds. The topological polar surface area (TPSA) is 75.6 Å². The van der Waals surface area contributed by atoms with Gasteiger partial charge in [0.05, 0.1) is 5.41 Å². The monoisotopic (exact) mass is 523 g/mol. The number of carboxylic acid groups (broad SMARTS) is 1. The number of amides is 1. The molecule has 5 nitrogen and oxygen atoms in total. The normalized spacial score (nSPS) is 14.9. The molecule has 6 heteroatoms. The van der Waals surface area contributed by atoms with Crippen molar-refractivity contribution in [2.75, 3.05) is 5.32 Å². The number of rotatable bonds is 9. The summed E-state index contributed by atoms with van der Waals surface area (Å²) in [4.78, 5) is 25.1. The quantitative estimate of drug-likeness (QED) is 0.247. The molecule has 5 rings (SSSR count). The number of hydrogen-bond donors (Lipinski definition) is 2. The van der Waals surface area contributed by atoms with Crippen LogP contribution in [0.2, 0.25) is 0 Å². The van der Waals surface area contributed by atoms with Crippen LogP contribution in [0.4, 0.5) is 10.1 Å². The molecular formula is C33H30FNO4. The zero-order valence-corrected chi connectivity index (χ0v) is 21.5. The summed E-state index contributed by atoms with van der Waals surface area (Å²) in [5.74, 6) is -0.979. The molecule has 2 N–H and O–H groups in total. The number of carbonyl (C=O) groups excluding carboxylic acids is 1. The van der Waals surface area contributed by atoms with E-state index in [4.69, 9.17) is 4.74 Å². The van der Waals surface area contributed by atoms with Crippen LogP contribution in [-0.2, 0) is 21.4 Å². The third kappa shape index (κ3) is 6.01. The Kier molecular flexibility index (Phi) is 7.73. The summed E-state index contributed by atoms with van der Waals surface area (Å²) in [6.07, 6.45) is 2.54. The number of ether oxygens (including phenoxy) is 1. The average molecular weight is 524 g/mol. The average Bonchev–Trinajstić information content (AvgIpc) is 3.46. The molecule has 0 spiro atoms. The Hall–Kier alpha value is -4.45. The molecule has 4 aromatic rings. The van der Waals surface area contributed by atoms with E-state index >= 15 is 0 Å². The Morgan fingerprint density at radius 3 is 2.10 bits per heavy atom. The molecule has 1 aliphatic carbocycles. The Labute approximate surface area is 227 Å². The highest BCUT2D eigenvalue weighted by Crippen LogP contribution is 2.42. The Bertz CT molecular complexity index is 1430. The van der Waals surface area contributed by atoms with E-state index in [1.807, 2.05) is 72.8 Å². The largest absolute Gasteiger partial charge is 0.478 e. The third-order valence-electron chi connectivity index (χ3n) is 7.42. The number of carbonyl (C=O) groups is 2. The van der Waals surface area contributed by atoms with Gasteiger partial charge >= 0.3 is 5.97 Å². The minimum absolute atomic E-state index is 0.108. The summed E-state index contributed by atoms with van der Waals surface area (Å²) in [5, 5.41) is 12.7. The molecule has 0 bridgehead atoms. The summed E-state index contributed by atoms with van der Waals surface area (Å²) in [6.45, 7) is 0. The van der Waals surface area contributed by atoms with Crippen molar-refractivity contribution in [2.24, 2.45) is 0 Å². The van der Waals surface area contributed by atoms with Gasteiger partial charge in [0.25, 0.3) is 0 Å². The van der Waals surface area contributed by atoms with Crippen molar-refractivity contribution < 1.29 is 23.8 Å². The Balaban J connectivity index is 1.25. The van der Waals surface area contributed by atoms with Gasteiger partial charge in [0.1, 0.15) is 11.6 Å². The smallest absolute Gasteiger partial charge is 0.345 e. The molecule has 0 saturated heterocycles. The maximum atomic E-state index is 13.9. The molecule has 0 aliphatic heterocycles. The lowest BCUT2D eigenvalue weighted by molar-refractivity contribution is -0.145.